The molecule has 0 aromatic heterocycles. The first-order chi connectivity index (χ1) is 19.3. The van der Waals surface area contributed by atoms with Gasteiger partial charge in [0, 0.05) is 13.1 Å². The summed E-state index contributed by atoms with van der Waals surface area (Å²) in [6, 6.07) is 15.9. The van der Waals surface area contributed by atoms with Crippen molar-refractivity contribution in [3.05, 3.63) is 94.5 Å². The first kappa shape index (κ1) is 32.0. The van der Waals surface area contributed by atoms with Gasteiger partial charge < -0.3 is 10.2 Å². The van der Waals surface area contributed by atoms with E-state index in [1.54, 1.807) is 18.2 Å². The lowest BCUT2D eigenvalue weighted by molar-refractivity contribution is -0.139. The fourth-order valence-electron chi connectivity index (χ4n) is 4.00. The van der Waals surface area contributed by atoms with Gasteiger partial charge in [-0.1, -0.05) is 66.6 Å². The van der Waals surface area contributed by atoms with Crippen LogP contribution < -0.4 is 9.62 Å². The molecule has 7 nitrogen and oxygen atoms in total. The van der Waals surface area contributed by atoms with Crippen molar-refractivity contribution >= 4 is 39.1 Å². The molecule has 1 N–H and O–H groups in total. The van der Waals surface area contributed by atoms with E-state index in [2.05, 4.69) is 5.32 Å². The minimum atomic E-state index is -4.87. The number of anilines is 1. The van der Waals surface area contributed by atoms with Crippen molar-refractivity contribution in [3.8, 4) is 0 Å². The van der Waals surface area contributed by atoms with E-state index in [0.29, 0.717) is 28.9 Å². The Morgan fingerprint density at radius 2 is 1.63 bits per heavy atom. The van der Waals surface area contributed by atoms with E-state index in [1.807, 2.05) is 26.0 Å². The summed E-state index contributed by atoms with van der Waals surface area (Å²) in [7, 11) is -4.52. The average molecular weight is 610 g/mol. The zero-order valence-electron chi connectivity index (χ0n) is 22.8. The van der Waals surface area contributed by atoms with Crippen molar-refractivity contribution in [1.82, 2.24) is 10.2 Å². The summed E-state index contributed by atoms with van der Waals surface area (Å²) < 4.78 is 69.2. The molecule has 3 aromatic carbocycles. The predicted octanol–water partition coefficient (Wildman–Crippen LogP) is 5.81. The number of amides is 2. The number of aryl methyl sites for hydroxylation is 1. The van der Waals surface area contributed by atoms with Gasteiger partial charge in [-0.05, 0) is 56.2 Å². The normalized spacial score (nSPS) is 12.5. The minimum absolute atomic E-state index is 0.0343. The van der Waals surface area contributed by atoms with Gasteiger partial charge >= 0.3 is 6.18 Å². The number of halogens is 4. The van der Waals surface area contributed by atoms with Crippen molar-refractivity contribution in [2.45, 2.75) is 50.9 Å². The van der Waals surface area contributed by atoms with Crippen LogP contribution in [0.25, 0.3) is 0 Å². The zero-order chi connectivity index (χ0) is 30.4. The highest BCUT2D eigenvalue weighted by atomic mass is 35.5. The second kappa shape index (κ2) is 13.4. The van der Waals surface area contributed by atoms with Crippen LogP contribution >= 0.6 is 11.6 Å². The molecule has 0 aliphatic carbocycles. The lowest BCUT2D eigenvalue weighted by Gasteiger charge is -2.32. The summed E-state index contributed by atoms with van der Waals surface area (Å²) in [6.07, 6.45) is -4.21. The van der Waals surface area contributed by atoms with Gasteiger partial charge in [-0.15, -0.1) is 0 Å². The van der Waals surface area contributed by atoms with E-state index in [1.165, 1.54) is 36.1 Å². The lowest BCUT2D eigenvalue weighted by atomic mass is 10.1. The summed E-state index contributed by atoms with van der Waals surface area (Å²) in [4.78, 5) is 27.7. The zero-order valence-corrected chi connectivity index (χ0v) is 24.4. The number of sulfonamides is 1. The van der Waals surface area contributed by atoms with Gasteiger partial charge in [0.15, 0.2) is 0 Å². The second-order valence-corrected chi connectivity index (χ2v) is 11.7. The summed E-state index contributed by atoms with van der Waals surface area (Å²) in [5, 5.41) is 2.11. The number of hydrogen-bond acceptors (Lipinski definition) is 4. The van der Waals surface area contributed by atoms with Crippen molar-refractivity contribution in [2.24, 2.45) is 0 Å². The van der Waals surface area contributed by atoms with Crippen LogP contribution in [-0.4, -0.2) is 44.3 Å². The van der Waals surface area contributed by atoms with Crippen LogP contribution in [0.2, 0.25) is 5.02 Å². The monoisotopic (exact) mass is 609 g/mol. The molecule has 0 aliphatic heterocycles. The standard InChI is InChI=1S/C29H31ClF3N3O4S/c1-4-16-34-28(38)21(3)35(18-22-12-10-20(2)11-13-22)27(37)19-36(41(39,40)24-8-6-5-7-9-24)23-14-15-26(30)25(17-23)29(31,32)33/h5-15,17,21H,4,16,18-19H2,1-3H3,(H,34,38)/t21-/m1/s1. The van der Waals surface area contributed by atoms with Crippen molar-refractivity contribution < 1.29 is 31.2 Å². The lowest BCUT2D eigenvalue weighted by Crippen LogP contribution is -2.51. The molecule has 0 spiro atoms. The van der Waals surface area contributed by atoms with E-state index in [4.69, 9.17) is 11.6 Å². The molecule has 0 heterocycles. The van der Waals surface area contributed by atoms with Crippen LogP contribution in [0.1, 0.15) is 37.0 Å². The molecule has 0 saturated carbocycles. The van der Waals surface area contributed by atoms with Gasteiger partial charge in [-0.25, -0.2) is 8.42 Å². The molecule has 3 aromatic rings. The summed E-state index contributed by atoms with van der Waals surface area (Å²) >= 11 is 5.78. The SMILES string of the molecule is CCCNC(=O)[C@@H](C)N(Cc1ccc(C)cc1)C(=O)CN(c1ccc(Cl)c(C(F)(F)F)c1)S(=O)(=O)c1ccccc1. The summed E-state index contributed by atoms with van der Waals surface area (Å²) in [5.74, 6) is -1.23. The highest BCUT2D eigenvalue weighted by molar-refractivity contribution is 7.92. The van der Waals surface area contributed by atoms with Crippen LogP contribution in [0.15, 0.2) is 77.7 Å². The van der Waals surface area contributed by atoms with Crippen molar-refractivity contribution in [2.75, 3.05) is 17.4 Å². The van der Waals surface area contributed by atoms with Crippen LogP contribution in [0, 0.1) is 6.92 Å². The van der Waals surface area contributed by atoms with Gasteiger partial charge in [-0.3, -0.25) is 13.9 Å². The number of nitrogens with zero attached hydrogens (tertiary/aromatic N) is 2. The molecule has 220 valence electrons. The van der Waals surface area contributed by atoms with Gasteiger partial charge in [0.25, 0.3) is 10.0 Å². The Labute approximate surface area is 243 Å². The number of benzene rings is 3. The highest BCUT2D eigenvalue weighted by Crippen LogP contribution is 2.38. The van der Waals surface area contributed by atoms with Gasteiger partial charge in [0.1, 0.15) is 12.6 Å². The second-order valence-electron chi connectivity index (χ2n) is 9.46. The molecule has 0 saturated heterocycles. The first-order valence-corrected chi connectivity index (χ1v) is 14.6. The summed E-state index contributed by atoms with van der Waals surface area (Å²) in [5.41, 5.74) is 0.00427. The molecule has 3 rings (SSSR count). The molecule has 0 aliphatic rings. The van der Waals surface area contributed by atoms with E-state index in [-0.39, 0.29) is 11.4 Å². The van der Waals surface area contributed by atoms with E-state index >= 15 is 0 Å². The van der Waals surface area contributed by atoms with Crippen molar-refractivity contribution in [3.63, 3.8) is 0 Å². The van der Waals surface area contributed by atoms with Gasteiger partial charge in [0.2, 0.25) is 11.8 Å². The van der Waals surface area contributed by atoms with Crippen LogP contribution in [-0.2, 0) is 32.3 Å². The van der Waals surface area contributed by atoms with Crippen LogP contribution in [0.4, 0.5) is 18.9 Å². The van der Waals surface area contributed by atoms with Crippen molar-refractivity contribution in [1.29, 1.82) is 0 Å². The maximum Gasteiger partial charge on any atom is 0.417 e. The average Bonchev–Trinajstić information content (AvgIpc) is 2.94. The van der Waals surface area contributed by atoms with E-state index in [9.17, 15) is 31.2 Å². The molecule has 2 amide bonds. The molecular formula is C29H31ClF3N3O4S. The third kappa shape index (κ3) is 8.01. The van der Waals surface area contributed by atoms with Crippen LogP contribution in [0.5, 0.6) is 0 Å². The Morgan fingerprint density at radius 1 is 1.00 bits per heavy atom. The van der Waals surface area contributed by atoms with Gasteiger partial charge in [-0.2, -0.15) is 13.2 Å². The highest BCUT2D eigenvalue weighted by Gasteiger charge is 2.36. The Morgan fingerprint density at radius 3 is 2.22 bits per heavy atom. The minimum Gasteiger partial charge on any atom is -0.354 e. The Bertz CT molecular complexity index is 1470. The molecule has 41 heavy (non-hydrogen) atoms. The number of nitrogens with one attached hydrogen (secondary N) is 1. The quantitative estimate of drug-likeness (QED) is 0.297. The fraction of sp³-hybridized carbons (Fsp3) is 0.310. The molecular weight excluding hydrogens is 579 g/mol. The number of carbonyl (C=O) groups is 2. The molecule has 0 unspecified atom stereocenters. The maximum absolute atomic E-state index is 13.8. The number of rotatable bonds is 11. The van der Waals surface area contributed by atoms with Crippen LogP contribution in [0.3, 0.4) is 0 Å². The van der Waals surface area contributed by atoms with E-state index < -0.39 is 56.9 Å². The Balaban J connectivity index is 2.09. The number of hydrogen-bond donors (Lipinski definition) is 1. The largest absolute Gasteiger partial charge is 0.417 e. The van der Waals surface area contributed by atoms with E-state index in [0.717, 1.165) is 17.7 Å². The molecule has 0 radical (unpaired) electrons. The molecule has 1 atom stereocenters. The van der Waals surface area contributed by atoms with Gasteiger partial charge in [0.05, 0.1) is 21.2 Å². The Hall–Kier alpha value is -3.57. The molecule has 12 heteroatoms. The Kier molecular flexibility index (Phi) is 10.4. The smallest absolute Gasteiger partial charge is 0.354 e. The number of alkyl halides is 3. The molecule has 0 bridgehead atoms. The number of carbonyl (C=O) groups excluding carboxylic acids is 2. The topological polar surface area (TPSA) is 86.8 Å². The fourth-order valence-corrected chi connectivity index (χ4v) is 5.65. The molecule has 0 fully saturated rings. The predicted molar refractivity (Wildman–Crippen MR) is 152 cm³/mol. The first-order valence-electron chi connectivity index (χ1n) is 12.8. The third-order valence-electron chi connectivity index (χ3n) is 6.34. The third-order valence-corrected chi connectivity index (χ3v) is 8.46. The summed E-state index contributed by atoms with van der Waals surface area (Å²) in [6.45, 7) is 4.74. The maximum atomic E-state index is 13.8.